The quantitative estimate of drug-likeness (QED) is 0.860. The van der Waals surface area contributed by atoms with E-state index < -0.39 is 0 Å². The molecule has 2 aromatic rings. The van der Waals surface area contributed by atoms with E-state index in [9.17, 15) is 0 Å². The van der Waals surface area contributed by atoms with Crippen molar-refractivity contribution in [2.24, 2.45) is 0 Å². The van der Waals surface area contributed by atoms with Gasteiger partial charge in [0, 0.05) is 51.2 Å². The van der Waals surface area contributed by atoms with Gasteiger partial charge in [0.2, 0.25) is 0 Å². The maximum atomic E-state index is 5.98. The smallest absolute Gasteiger partial charge is 0.0826 e. The van der Waals surface area contributed by atoms with Crippen molar-refractivity contribution in [3.63, 3.8) is 0 Å². The standard InChI is InChI=1S/C18H25N3O/c1-2-6-16(7-3-1)14-21-10-5-11-22-18(15-21)13-19-12-17-8-4-9-20-17/h1-4,6-9,18-20H,5,10-15H2. The monoisotopic (exact) mass is 299 g/mol. The van der Waals surface area contributed by atoms with Crippen molar-refractivity contribution in [2.75, 3.05) is 26.2 Å². The van der Waals surface area contributed by atoms with Gasteiger partial charge in [-0.15, -0.1) is 0 Å². The second-order valence-corrected chi connectivity index (χ2v) is 5.89. The Bertz CT molecular complexity index is 527. The number of nitrogens with one attached hydrogen (secondary N) is 2. The third-order valence-electron chi connectivity index (χ3n) is 4.03. The van der Waals surface area contributed by atoms with Crippen LogP contribution in [0.5, 0.6) is 0 Å². The van der Waals surface area contributed by atoms with E-state index in [1.807, 2.05) is 12.3 Å². The van der Waals surface area contributed by atoms with Crippen LogP contribution >= 0.6 is 0 Å². The highest BCUT2D eigenvalue weighted by Crippen LogP contribution is 2.10. The Labute approximate surface area is 132 Å². The minimum Gasteiger partial charge on any atom is -0.376 e. The van der Waals surface area contributed by atoms with Gasteiger partial charge in [0.15, 0.2) is 0 Å². The summed E-state index contributed by atoms with van der Waals surface area (Å²) in [4.78, 5) is 5.72. The molecule has 4 nitrogen and oxygen atoms in total. The van der Waals surface area contributed by atoms with E-state index in [4.69, 9.17) is 4.74 Å². The predicted molar refractivity (Wildman–Crippen MR) is 88.6 cm³/mol. The molecule has 1 saturated heterocycles. The molecule has 0 amide bonds. The Balaban J connectivity index is 1.47. The van der Waals surface area contributed by atoms with Crippen LogP contribution < -0.4 is 5.32 Å². The Morgan fingerprint density at radius 1 is 1.18 bits per heavy atom. The third-order valence-corrected chi connectivity index (χ3v) is 4.03. The van der Waals surface area contributed by atoms with Gasteiger partial charge in [0.25, 0.3) is 0 Å². The summed E-state index contributed by atoms with van der Waals surface area (Å²) < 4.78 is 5.98. The highest BCUT2D eigenvalue weighted by Gasteiger charge is 2.18. The fourth-order valence-corrected chi connectivity index (χ4v) is 2.92. The zero-order valence-electron chi connectivity index (χ0n) is 13.0. The number of H-pyrrole nitrogens is 1. The highest BCUT2D eigenvalue weighted by molar-refractivity contribution is 5.14. The molecule has 1 aliphatic rings. The maximum Gasteiger partial charge on any atom is 0.0826 e. The van der Waals surface area contributed by atoms with Crippen LogP contribution in [0.3, 0.4) is 0 Å². The fourth-order valence-electron chi connectivity index (χ4n) is 2.92. The van der Waals surface area contributed by atoms with E-state index >= 15 is 0 Å². The molecule has 4 heteroatoms. The Kier molecular flexibility index (Phi) is 5.65. The first-order valence-corrected chi connectivity index (χ1v) is 8.11. The van der Waals surface area contributed by atoms with Crippen molar-refractivity contribution in [2.45, 2.75) is 25.6 Å². The third kappa shape index (κ3) is 4.70. The van der Waals surface area contributed by atoms with Gasteiger partial charge in [-0.05, 0) is 24.1 Å². The van der Waals surface area contributed by atoms with Crippen LogP contribution in [0.25, 0.3) is 0 Å². The zero-order valence-corrected chi connectivity index (χ0v) is 13.0. The van der Waals surface area contributed by atoms with Crippen LogP contribution in [0.4, 0.5) is 0 Å². The SMILES string of the molecule is c1ccc(CN2CCCOC(CNCc3ccc[nH]3)C2)cc1. The normalized spacial score (nSPS) is 19.9. The number of hydrogen-bond donors (Lipinski definition) is 2. The number of ether oxygens (including phenoxy) is 1. The van der Waals surface area contributed by atoms with Gasteiger partial charge in [0.05, 0.1) is 6.10 Å². The molecule has 1 unspecified atom stereocenters. The molecule has 3 rings (SSSR count). The van der Waals surface area contributed by atoms with Gasteiger partial charge in [-0.1, -0.05) is 30.3 Å². The summed E-state index contributed by atoms with van der Waals surface area (Å²) in [6.45, 7) is 5.74. The molecule has 0 saturated carbocycles. The maximum absolute atomic E-state index is 5.98. The summed E-state index contributed by atoms with van der Waals surface area (Å²) in [5, 5.41) is 3.49. The lowest BCUT2D eigenvalue weighted by molar-refractivity contribution is 0.0532. The molecule has 1 aromatic carbocycles. The van der Waals surface area contributed by atoms with Crippen LogP contribution in [-0.2, 0) is 17.8 Å². The largest absolute Gasteiger partial charge is 0.376 e. The number of aromatic nitrogens is 1. The molecule has 2 heterocycles. The molecule has 0 bridgehead atoms. The Morgan fingerprint density at radius 3 is 2.91 bits per heavy atom. The lowest BCUT2D eigenvalue weighted by Gasteiger charge is -2.24. The average Bonchev–Trinajstić information content (AvgIpc) is 2.96. The predicted octanol–water partition coefficient (Wildman–Crippen LogP) is 2.40. The summed E-state index contributed by atoms with van der Waals surface area (Å²) in [6.07, 6.45) is 3.34. The summed E-state index contributed by atoms with van der Waals surface area (Å²) in [5.74, 6) is 0. The van der Waals surface area contributed by atoms with Crippen molar-refractivity contribution >= 4 is 0 Å². The molecule has 0 spiro atoms. The van der Waals surface area contributed by atoms with Crippen molar-refractivity contribution < 1.29 is 4.74 Å². The molecule has 1 aromatic heterocycles. The molecular formula is C18H25N3O. The molecule has 1 fully saturated rings. The molecule has 1 aliphatic heterocycles. The Morgan fingerprint density at radius 2 is 2.09 bits per heavy atom. The number of hydrogen-bond acceptors (Lipinski definition) is 3. The molecular weight excluding hydrogens is 274 g/mol. The van der Waals surface area contributed by atoms with Crippen LogP contribution in [-0.4, -0.2) is 42.2 Å². The minimum absolute atomic E-state index is 0.265. The van der Waals surface area contributed by atoms with Crippen LogP contribution in [0.15, 0.2) is 48.7 Å². The van der Waals surface area contributed by atoms with Gasteiger partial charge >= 0.3 is 0 Å². The van der Waals surface area contributed by atoms with E-state index in [0.29, 0.717) is 0 Å². The van der Waals surface area contributed by atoms with Gasteiger partial charge in [-0.3, -0.25) is 4.90 Å². The van der Waals surface area contributed by atoms with Gasteiger partial charge < -0.3 is 15.0 Å². The summed E-state index contributed by atoms with van der Waals surface area (Å²) in [7, 11) is 0. The molecule has 118 valence electrons. The second-order valence-electron chi connectivity index (χ2n) is 5.89. The number of rotatable bonds is 6. The Hall–Kier alpha value is -1.62. The zero-order chi connectivity index (χ0) is 15.0. The van der Waals surface area contributed by atoms with Crippen molar-refractivity contribution in [3.05, 3.63) is 59.9 Å². The second kappa shape index (κ2) is 8.13. The molecule has 2 N–H and O–H groups in total. The first-order valence-electron chi connectivity index (χ1n) is 8.11. The highest BCUT2D eigenvalue weighted by atomic mass is 16.5. The van der Waals surface area contributed by atoms with E-state index in [2.05, 4.69) is 51.6 Å². The molecule has 0 radical (unpaired) electrons. The fraction of sp³-hybridized carbons (Fsp3) is 0.444. The number of benzene rings is 1. The van der Waals surface area contributed by atoms with Crippen LogP contribution in [0.2, 0.25) is 0 Å². The molecule has 0 aliphatic carbocycles. The van der Waals surface area contributed by atoms with E-state index in [1.54, 1.807) is 0 Å². The van der Waals surface area contributed by atoms with E-state index in [-0.39, 0.29) is 6.10 Å². The average molecular weight is 299 g/mol. The minimum atomic E-state index is 0.265. The van der Waals surface area contributed by atoms with E-state index in [0.717, 1.165) is 45.8 Å². The van der Waals surface area contributed by atoms with Crippen molar-refractivity contribution in [1.82, 2.24) is 15.2 Å². The van der Waals surface area contributed by atoms with E-state index in [1.165, 1.54) is 11.3 Å². The van der Waals surface area contributed by atoms with Gasteiger partial charge in [-0.25, -0.2) is 0 Å². The van der Waals surface area contributed by atoms with Crippen LogP contribution in [0.1, 0.15) is 17.7 Å². The molecule has 22 heavy (non-hydrogen) atoms. The lowest BCUT2D eigenvalue weighted by Crippen LogP contribution is -2.37. The summed E-state index contributed by atoms with van der Waals surface area (Å²) >= 11 is 0. The number of aromatic amines is 1. The number of nitrogens with zero attached hydrogens (tertiary/aromatic N) is 1. The summed E-state index contributed by atoms with van der Waals surface area (Å²) in [5.41, 5.74) is 2.59. The topological polar surface area (TPSA) is 40.3 Å². The van der Waals surface area contributed by atoms with Gasteiger partial charge in [-0.2, -0.15) is 0 Å². The summed E-state index contributed by atoms with van der Waals surface area (Å²) in [6, 6.07) is 14.8. The van der Waals surface area contributed by atoms with Crippen LogP contribution in [0, 0.1) is 0 Å². The van der Waals surface area contributed by atoms with Gasteiger partial charge in [0.1, 0.15) is 0 Å². The lowest BCUT2D eigenvalue weighted by atomic mass is 10.2. The first kappa shape index (κ1) is 15.3. The van der Waals surface area contributed by atoms with Crippen molar-refractivity contribution in [3.8, 4) is 0 Å². The molecule has 1 atom stereocenters. The first-order chi connectivity index (χ1) is 10.9. The van der Waals surface area contributed by atoms with Crippen molar-refractivity contribution in [1.29, 1.82) is 0 Å².